The predicted molar refractivity (Wildman–Crippen MR) is 123 cm³/mol. The molecule has 1 saturated heterocycles. The van der Waals surface area contributed by atoms with Crippen molar-refractivity contribution in [3.8, 4) is 5.75 Å². The van der Waals surface area contributed by atoms with Gasteiger partial charge in [0.05, 0.1) is 7.11 Å². The molecule has 0 saturated carbocycles. The fourth-order valence-corrected chi connectivity index (χ4v) is 3.34. The van der Waals surface area contributed by atoms with E-state index in [9.17, 15) is 9.59 Å². The highest BCUT2D eigenvalue weighted by Crippen LogP contribution is 2.20. The van der Waals surface area contributed by atoms with Gasteiger partial charge in [-0.15, -0.1) is 0 Å². The van der Waals surface area contributed by atoms with E-state index in [0.29, 0.717) is 30.8 Å². The molecular weight excluding hydrogens is 392 g/mol. The summed E-state index contributed by atoms with van der Waals surface area (Å²) in [5, 5.41) is 5.71. The summed E-state index contributed by atoms with van der Waals surface area (Å²) in [6, 6.07) is 7.96. The lowest BCUT2D eigenvalue weighted by Crippen LogP contribution is -2.39. The van der Waals surface area contributed by atoms with Gasteiger partial charge in [0.15, 0.2) is 0 Å². The predicted octanol–water partition coefficient (Wildman–Crippen LogP) is 3.49. The van der Waals surface area contributed by atoms with E-state index in [2.05, 4.69) is 10.6 Å². The Balaban J connectivity index is 2.36. The molecule has 1 fully saturated rings. The number of amides is 2. The Morgan fingerprint density at radius 2 is 1.84 bits per heavy atom. The van der Waals surface area contributed by atoms with Crippen LogP contribution in [0.1, 0.15) is 39.2 Å². The average Bonchev–Trinajstić information content (AvgIpc) is 2.77. The number of carbonyl (C=O) groups excluding carboxylic acids is 2. The van der Waals surface area contributed by atoms with Gasteiger partial charge in [0.25, 0.3) is 5.91 Å². The van der Waals surface area contributed by atoms with E-state index in [1.165, 1.54) is 0 Å². The van der Waals surface area contributed by atoms with Crippen molar-refractivity contribution < 1.29 is 19.1 Å². The third-order valence-electron chi connectivity index (χ3n) is 5.28. The molecule has 6 heteroatoms. The van der Waals surface area contributed by atoms with Crippen LogP contribution in [0.4, 0.5) is 0 Å². The van der Waals surface area contributed by atoms with Crippen LogP contribution < -0.4 is 15.4 Å². The van der Waals surface area contributed by atoms with E-state index in [1.807, 2.05) is 44.2 Å². The van der Waals surface area contributed by atoms with E-state index >= 15 is 0 Å². The van der Waals surface area contributed by atoms with Crippen LogP contribution in [0, 0.1) is 0 Å². The van der Waals surface area contributed by atoms with Gasteiger partial charge in [-0.05, 0) is 75.5 Å². The molecule has 0 bridgehead atoms. The van der Waals surface area contributed by atoms with Gasteiger partial charge in [0.2, 0.25) is 5.91 Å². The Morgan fingerprint density at radius 1 is 1.13 bits per heavy atom. The molecular formula is C25H34N2O4. The lowest BCUT2D eigenvalue weighted by molar-refractivity contribution is -0.118. The van der Waals surface area contributed by atoms with E-state index < -0.39 is 0 Å². The van der Waals surface area contributed by atoms with Crippen molar-refractivity contribution in [2.45, 2.75) is 46.1 Å². The first-order valence-electron chi connectivity index (χ1n) is 10.6. The van der Waals surface area contributed by atoms with Crippen molar-refractivity contribution >= 4 is 11.8 Å². The second-order valence-corrected chi connectivity index (χ2v) is 7.92. The van der Waals surface area contributed by atoms with Crippen LogP contribution in [0.3, 0.4) is 0 Å². The van der Waals surface area contributed by atoms with Gasteiger partial charge in [0, 0.05) is 37.4 Å². The number of rotatable bonds is 8. The molecule has 2 N–H and O–H groups in total. The molecule has 1 aliphatic rings. The number of carbonyl (C=O) groups is 2. The summed E-state index contributed by atoms with van der Waals surface area (Å²) in [6.45, 7) is 7.04. The molecule has 6 nitrogen and oxygen atoms in total. The van der Waals surface area contributed by atoms with E-state index in [0.717, 1.165) is 35.3 Å². The van der Waals surface area contributed by atoms with E-state index in [4.69, 9.17) is 9.47 Å². The number of allylic oxidation sites excluding steroid dienone is 3. The zero-order valence-electron chi connectivity index (χ0n) is 19.2. The summed E-state index contributed by atoms with van der Waals surface area (Å²) in [5.41, 5.74) is 4.15. The Bertz CT molecular complexity index is 873. The molecule has 2 amide bonds. The van der Waals surface area contributed by atoms with Crippen molar-refractivity contribution in [3.05, 3.63) is 64.3 Å². The summed E-state index contributed by atoms with van der Waals surface area (Å²) in [7, 11) is 3.22. The second kappa shape index (κ2) is 12.1. The van der Waals surface area contributed by atoms with Gasteiger partial charge in [-0.1, -0.05) is 17.7 Å². The molecule has 1 heterocycles. The Labute approximate surface area is 185 Å². The van der Waals surface area contributed by atoms with Crippen LogP contribution in [-0.4, -0.2) is 45.2 Å². The normalized spacial score (nSPS) is 15.3. The fraction of sp³-hybridized carbons (Fsp3) is 0.440. The highest BCUT2D eigenvalue weighted by atomic mass is 16.5. The third-order valence-corrected chi connectivity index (χ3v) is 5.28. The highest BCUT2D eigenvalue weighted by Gasteiger charge is 2.19. The smallest absolute Gasteiger partial charge is 0.251 e. The number of methoxy groups -OCH3 is 1. The van der Waals surface area contributed by atoms with Crippen LogP contribution >= 0.6 is 0 Å². The van der Waals surface area contributed by atoms with Gasteiger partial charge >= 0.3 is 0 Å². The maximum atomic E-state index is 13.1. The number of likely N-dealkylation sites (N-methyl/N-ethyl adjacent to an activating group) is 1. The van der Waals surface area contributed by atoms with Crippen LogP contribution in [0.2, 0.25) is 0 Å². The average molecular weight is 427 g/mol. The minimum Gasteiger partial charge on any atom is -0.497 e. The first-order chi connectivity index (χ1) is 14.8. The number of hydrogen-bond donors (Lipinski definition) is 2. The molecule has 1 aromatic carbocycles. The van der Waals surface area contributed by atoms with Gasteiger partial charge < -0.3 is 20.1 Å². The van der Waals surface area contributed by atoms with E-state index in [-0.39, 0.29) is 17.9 Å². The minimum absolute atomic E-state index is 0.0758. The van der Waals surface area contributed by atoms with Gasteiger partial charge in [-0.25, -0.2) is 0 Å². The quantitative estimate of drug-likeness (QED) is 0.493. The Morgan fingerprint density at radius 3 is 2.45 bits per heavy atom. The molecule has 0 spiro atoms. The monoisotopic (exact) mass is 426 g/mol. The van der Waals surface area contributed by atoms with Gasteiger partial charge in [-0.2, -0.15) is 0 Å². The molecule has 1 aromatic rings. The van der Waals surface area contributed by atoms with Crippen molar-refractivity contribution in [2.24, 2.45) is 0 Å². The molecule has 0 aromatic heterocycles. The first kappa shape index (κ1) is 24.4. The Kier molecular flexibility index (Phi) is 9.53. The fourth-order valence-electron chi connectivity index (χ4n) is 3.34. The zero-order chi connectivity index (χ0) is 22.8. The third kappa shape index (κ3) is 7.72. The molecule has 168 valence electrons. The van der Waals surface area contributed by atoms with Crippen LogP contribution in [0.5, 0.6) is 5.75 Å². The van der Waals surface area contributed by atoms with Crippen LogP contribution in [0.25, 0.3) is 0 Å². The lowest BCUT2D eigenvalue weighted by Gasteiger charge is -2.23. The highest BCUT2D eigenvalue weighted by molar-refractivity contribution is 6.00. The number of hydrogen-bond acceptors (Lipinski definition) is 4. The first-order valence-corrected chi connectivity index (χ1v) is 10.6. The van der Waals surface area contributed by atoms with Crippen molar-refractivity contribution in [3.63, 3.8) is 0 Å². The molecule has 31 heavy (non-hydrogen) atoms. The molecule has 1 aliphatic heterocycles. The minimum atomic E-state index is -0.212. The summed E-state index contributed by atoms with van der Waals surface area (Å²) in [5.74, 6) is 0.401. The van der Waals surface area contributed by atoms with Crippen molar-refractivity contribution in [1.82, 2.24) is 10.6 Å². The summed E-state index contributed by atoms with van der Waals surface area (Å²) < 4.78 is 10.7. The van der Waals surface area contributed by atoms with E-state index in [1.54, 1.807) is 27.2 Å². The largest absolute Gasteiger partial charge is 0.497 e. The summed E-state index contributed by atoms with van der Waals surface area (Å²) in [4.78, 5) is 25.2. The van der Waals surface area contributed by atoms with Gasteiger partial charge in [0.1, 0.15) is 5.75 Å². The van der Waals surface area contributed by atoms with Crippen molar-refractivity contribution in [2.75, 3.05) is 27.4 Å². The number of nitrogens with one attached hydrogen (secondary N) is 2. The number of benzene rings is 1. The van der Waals surface area contributed by atoms with Crippen LogP contribution in [0.15, 0.2) is 58.7 Å². The maximum absolute atomic E-state index is 13.1. The second-order valence-electron chi connectivity index (χ2n) is 7.92. The lowest BCUT2D eigenvalue weighted by atomic mass is 9.97. The zero-order valence-corrected chi connectivity index (χ0v) is 19.2. The SMILES string of the molecule is CNC(=O)/C(C)=C/C(=C\C(Cc1cccc(OC)c1)=C(C)C)C(=O)NC1CCOCC1. The molecule has 0 aliphatic carbocycles. The van der Waals surface area contributed by atoms with Crippen LogP contribution in [-0.2, 0) is 20.7 Å². The standard InChI is InChI=1S/C25H34N2O4/c1-17(2)20(14-19-7-6-8-23(15-19)30-5)16-21(13-18(3)24(28)26-4)25(29)27-22-9-11-31-12-10-22/h6-8,13,15-16,22H,9-12,14H2,1-5H3,(H,26,28)(H,27,29)/b18-13+,21-16+. The molecule has 0 atom stereocenters. The maximum Gasteiger partial charge on any atom is 0.251 e. The van der Waals surface area contributed by atoms with Gasteiger partial charge in [-0.3, -0.25) is 9.59 Å². The molecule has 2 rings (SSSR count). The molecule has 0 unspecified atom stereocenters. The number of ether oxygens (including phenoxy) is 2. The molecule has 0 radical (unpaired) electrons. The summed E-state index contributed by atoms with van der Waals surface area (Å²) in [6.07, 6.45) is 5.77. The van der Waals surface area contributed by atoms with Crippen molar-refractivity contribution in [1.29, 1.82) is 0 Å². The topological polar surface area (TPSA) is 76.7 Å². The Hall–Kier alpha value is -2.86. The summed E-state index contributed by atoms with van der Waals surface area (Å²) >= 11 is 0.